The molecule has 11 heteroatoms. The fourth-order valence-corrected chi connectivity index (χ4v) is 4.13. The van der Waals surface area contributed by atoms with Crippen molar-refractivity contribution < 1.29 is 28.6 Å². The van der Waals surface area contributed by atoms with Crippen LogP contribution in [0.4, 0.5) is 0 Å². The van der Waals surface area contributed by atoms with Crippen molar-refractivity contribution >= 4 is 7.60 Å². The molecule has 1 unspecified atom stereocenters. The number of aromatic nitrogens is 2. The first-order valence-corrected chi connectivity index (χ1v) is 10.0. The lowest BCUT2D eigenvalue weighted by Gasteiger charge is -2.28. The van der Waals surface area contributed by atoms with Gasteiger partial charge in [-0.15, -0.1) is 0 Å². The first-order valence-electron chi connectivity index (χ1n) is 8.23. The Balaban J connectivity index is 2.40. The molecular formula is C15H25N2O8P. The van der Waals surface area contributed by atoms with E-state index in [4.69, 9.17) is 14.2 Å². The Kier molecular flexibility index (Phi) is 6.60. The average molecular weight is 392 g/mol. The van der Waals surface area contributed by atoms with E-state index in [1.165, 1.54) is 23.9 Å². The zero-order valence-corrected chi connectivity index (χ0v) is 16.0. The summed E-state index contributed by atoms with van der Waals surface area (Å²) in [5.41, 5.74) is -1.21. The van der Waals surface area contributed by atoms with Crippen LogP contribution in [0, 0.1) is 5.92 Å². The Morgan fingerprint density at radius 2 is 1.96 bits per heavy atom. The predicted molar refractivity (Wildman–Crippen MR) is 92.1 cm³/mol. The summed E-state index contributed by atoms with van der Waals surface area (Å²) in [5, 5.41) is 0. The molecule has 0 aromatic carbocycles. The second-order valence-corrected chi connectivity index (χ2v) is 8.38. The molecule has 10 nitrogen and oxygen atoms in total. The summed E-state index contributed by atoms with van der Waals surface area (Å²) in [6.07, 6.45) is -2.26. The Morgan fingerprint density at radius 1 is 1.31 bits per heavy atom. The summed E-state index contributed by atoms with van der Waals surface area (Å²) in [4.78, 5) is 44.1. The Hall–Kier alpha value is -1.29. The lowest BCUT2D eigenvalue weighted by molar-refractivity contribution is -0.0844. The minimum atomic E-state index is -4.26. The van der Waals surface area contributed by atoms with E-state index >= 15 is 0 Å². The Labute approximate surface area is 150 Å². The molecule has 0 spiro atoms. The van der Waals surface area contributed by atoms with Gasteiger partial charge in [-0.1, -0.05) is 6.92 Å². The molecule has 0 saturated carbocycles. The van der Waals surface area contributed by atoms with Crippen molar-refractivity contribution in [1.29, 1.82) is 0 Å². The molecule has 1 fully saturated rings. The van der Waals surface area contributed by atoms with Crippen molar-refractivity contribution in [3.63, 3.8) is 0 Å². The number of H-pyrrole nitrogens is 1. The first-order chi connectivity index (χ1) is 12.0. The minimum Gasteiger partial charge on any atom is -0.374 e. The van der Waals surface area contributed by atoms with E-state index in [9.17, 15) is 23.9 Å². The van der Waals surface area contributed by atoms with Crippen molar-refractivity contribution in [2.75, 3.05) is 13.3 Å². The normalized spacial score (nSPS) is 27.8. The average Bonchev–Trinajstić information content (AvgIpc) is 2.83. The number of ether oxygens (including phenoxy) is 3. The molecule has 5 atom stereocenters. The van der Waals surface area contributed by atoms with Gasteiger partial charge in [-0.05, 0) is 19.8 Å². The number of hydrogen-bond acceptors (Lipinski definition) is 6. The van der Waals surface area contributed by atoms with E-state index in [1.54, 1.807) is 6.92 Å². The largest absolute Gasteiger partial charge is 0.374 e. The number of nitrogens with one attached hydrogen (secondary N) is 1. The highest BCUT2D eigenvalue weighted by atomic mass is 31.2. The van der Waals surface area contributed by atoms with Crippen LogP contribution in [0.5, 0.6) is 0 Å². The van der Waals surface area contributed by atoms with Gasteiger partial charge in [-0.3, -0.25) is 18.9 Å². The Morgan fingerprint density at radius 3 is 2.46 bits per heavy atom. The van der Waals surface area contributed by atoms with E-state index in [2.05, 4.69) is 4.98 Å². The second-order valence-electron chi connectivity index (χ2n) is 6.68. The van der Waals surface area contributed by atoms with Crippen molar-refractivity contribution in [2.45, 2.75) is 51.4 Å². The molecule has 26 heavy (non-hydrogen) atoms. The van der Waals surface area contributed by atoms with Gasteiger partial charge >= 0.3 is 13.3 Å². The highest BCUT2D eigenvalue weighted by Crippen LogP contribution is 2.43. The lowest BCUT2D eigenvalue weighted by Crippen LogP contribution is -2.42. The molecule has 1 saturated heterocycles. The van der Waals surface area contributed by atoms with Crippen LogP contribution in [-0.2, 0) is 18.8 Å². The molecule has 2 rings (SSSR count). The molecule has 0 radical (unpaired) electrons. The highest BCUT2D eigenvalue weighted by molar-refractivity contribution is 7.51. The van der Waals surface area contributed by atoms with E-state index in [0.29, 0.717) is 0 Å². The summed E-state index contributed by atoms with van der Waals surface area (Å²) >= 11 is 0. The smallest absolute Gasteiger partial charge is 0.330 e. The maximum atomic E-state index is 12.1. The molecule has 0 bridgehead atoms. The zero-order chi connectivity index (χ0) is 19.6. The summed E-state index contributed by atoms with van der Waals surface area (Å²) in [5.74, 6) is -0.555. The molecule has 1 aromatic rings. The van der Waals surface area contributed by atoms with Gasteiger partial charge in [-0.25, -0.2) is 4.79 Å². The van der Waals surface area contributed by atoms with Crippen LogP contribution in [-0.4, -0.2) is 57.0 Å². The monoisotopic (exact) mass is 392 g/mol. The molecule has 1 aromatic heterocycles. The quantitative estimate of drug-likeness (QED) is 0.553. The van der Waals surface area contributed by atoms with Gasteiger partial charge in [0.15, 0.2) is 6.23 Å². The molecular weight excluding hydrogens is 367 g/mol. The van der Waals surface area contributed by atoms with Crippen molar-refractivity contribution in [1.82, 2.24) is 9.55 Å². The van der Waals surface area contributed by atoms with Gasteiger partial charge in [-0.2, -0.15) is 0 Å². The van der Waals surface area contributed by atoms with Crippen molar-refractivity contribution in [3.05, 3.63) is 33.1 Å². The van der Waals surface area contributed by atoms with Gasteiger partial charge in [0, 0.05) is 19.4 Å². The maximum absolute atomic E-state index is 12.1. The number of aromatic amines is 1. The standard InChI is InChI=1S/C15H25N2O8P/c1-8(2)24-12-11(9(3)7-26(20,21)22)25-14(13(12)23-4)17-6-5-10(18)16-15(17)19/h5-6,8-9,11-14H,7H2,1-4H3,(H,16,18,19)(H2,20,21,22)/t9-,11+,12-,13?,14+/m0/s1. The Bertz CT molecular complexity index is 769. The zero-order valence-electron chi connectivity index (χ0n) is 15.1. The van der Waals surface area contributed by atoms with Crippen LogP contribution in [0.2, 0.25) is 0 Å². The predicted octanol–water partition coefficient (Wildman–Crippen LogP) is 0.0564. The van der Waals surface area contributed by atoms with E-state index in [0.717, 1.165) is 0 Å². The number of nitrogens with zero attached hydrogens (tertiary/aromatic N) is 1. The first kappa shape index (κ1) is 21.0. The fourth-order valence-electron chi connectivity index (χ4n) is 3.17. The van der Waals surface area contributed by atoms with Crippen LogP contribution >= 0.6 is 7.60 Å². The van der Waals surface area contributed by atoms with Crippen LogP contribution in [0.1, 0.15) is 27.0 Å². The highest BCUT2D eigenvalue weighted by Gasteiger charge is 2.50. The second kappa shape index (κ2) is 8.16. The maximum Gasteiger partial charge on any atom is 0.330 e. The number of rotatable bonds is 7. The summed E-state index contributed by atoms with van der Waals surface area (Å²) in [6, 6.07) is 1.18. The van der Waals surface area contributed by atoms with E-state index in [1.807, 2.05) is 13.8 Å². The van der Waals surface area contributed by atoms with E-state index in [-0.39, 0.29) is 12.3 Å². The third-order valence-electron chi connectivity index (χ3n) is 4.14. The number of methoxy groups -OCH3 is 1. The topological polar surface area (TPSA) is 140 Å². The molecule has 0 aliphatic carbocycles. The van der Waals surface area contributed by atoms with Crippen LogP contribution in [0.15, 0.2) is 21.9 Å². The van der Waals surface area contributed by atoms with Gasteiger partial charge < -0.3 is 24.0 Å². The van der Waals surface area contributed by atoms with Gasteiger partial charge in [0.25, 0.3) is 5.56 Å². The third-order valence-corrected chi connectivity index (χ3v) is 5.19. The number of hydrogen-bond donors (Lipinski definition) is 3. The van der Waals surface area contributed by atoms with Gasteiger partial charge in [0.05, 0.1) is 18.4 Å². The van der Waals surface area contributed by atoms with Crippen molar-refractivity contribution in [2.24, 2.45) is 5.92 Å². The fraction of sp³-hybridized carbons (Fsp3) is 0.733. The lowest BCUT2D eigenvalue weighted by atomic mass is 9.99. The summed E-state index contributed by atoms with van der Waals surface area (Å²) in [6.45, 7) is 5.28. The van der Waals surface area contributed by atoms with Gasteiger partial charge in [0.1, 0.15) is 12.2 Å². The molecule has 148 valence electrons. The molecule has 1 aliphatic rings. The molecule has 2 heterocycles. The van der Waals surface area contributed by atoms with Crippen LogP contribution < -0.4 is 11.2 Å². The summed E-state index contributed by atoms with van der Waals surface area (Å²) in [7, 11) is -2.83. The van der Waals surface area contributed by atoms with Crippen LogP contribution in [0.3, 0.4) is 0 Å². The van der Waals surface area contributed by atoms with Crippen molar-refractivity contribution in [3.8, 4) is 0 Å². The molecule has 0 amide bonds. The minimum absolute atomic E-state index is 0.197. The van der Waals surface area contributed by atoms with Crippen LogP contribution in [0.25, 0.3) is 0 Å². The van der Waals surface area contributed by atoms with Gasteiger partial charge in [0.2, 0.25) is 0 Å². The molecule has 1 aliphatic heterocycles. The van der Waals surface area contributed by atoms with E-state index < -0.39 is 49.3 Å². The SMILES string of the molecule is COC1[C@@H](OC(C)C)[C@@H]([C@@H](C)CP(=O)(O)O)O[C@H]1n1ccc(=O)[nH]c1=O. The summed E-state index contributed by atoms with van der Waals surface area (Å²) < 4.78 is 29.9. The molecule has 3 N–H and O–H groups in total. The third kappa shape index (κ3) is 4.91.